The maximum atomic E-state index is 12.0. The Kier molecular flexibility index (Phi) is 6.19. The Morgan fingerprint density at radius 1 is 1.16 bits per heavy atom. The van der Waals surface area contributed by atoms with Crippen LogP contribution in [0.2, 0.25) is 0 Å². The van der Waals surface area contributed by atoms with Gasteiger partial charge in [0.15, 0.2) is 6.10 Å². The average Bonchev–Trinajstić information content (AvgIpc) is 2.44. The van der Waals surface area contributed by atoms with Gasteiger partial charge in [0, 0.05) is 6.04 Å². The number of nitrogens with one attached hydrogen (secondary N) is 1. The molecule has 0 saturated heterocycles. The third-order valence-electron chi connectivity index (χ3n) is 3.00. The fourth-order valence-corrected chi connectivity index (χ4v) is 1.58. The molecular formula is C15H23NO3. The molecule has 0 aliphatic carbocycles. The summed E-state index contributed by atoms with van der Waals surface area (Å²) in [5.41, 5.74) is 0. The van der Waals surface area contributed by atoms with Crippen LogP contribution in [0.5, 0.6) is 11.5 Å². The van der Waals surface area contributed by atoms with E-state index < -0.39 is 6.10 Å². The molecule has 2 atom stereocenters. The predicted molar refractivity (Wildman–Crippen MR) is 75.6 cm³/mol. The smallest absolute Gasteiger partial charge is 0.261 e. The van der Waals surface area contributed by atoms with Crippen molar-refractivity contribution in [2.45, 2.75) is 45.8 Å². The van der Waals surface area contributed by atoms with E-state index in [2.05, 4.69) is 5.32 Å². The van der Waals surface area contributed by atoms with E-state index in [1.807, 2.05) is 32.9 Å². The molecule has 4 nitrogen and oxygen atoms in total. The number of rotatable bonds is 7. The molecule has 19 heavy (non-hydrogen) atoms. The lowest BCUT2D eigenvalue weighted by Gasteiger charge is -2.19. The molecule has 4 heteroatoms. The van der Waals surface area contributed by atoms with E-state index in [9.17, 15) is 4.79 Å². The number of methoxy groups -OCH3 is 1. The molecular weight excluding hydrogens is 242 g/mol. The van der Waals surface area contributed by atoms with Gasteiger partial charge >= 0.3 is 0 Å². The summed E-state index contributed by atoms with van der Waals surface area (Å²) in [7, 11) is 1.62. The third-order valence-corrected chi connectivity index (χ3v) is 3.00. The second-order valence-corrected chi connectivity index (χ2v) is 4.51. The summed E-state index contributed by atoms with van der Waals surface area (Å²) in [6.07, 6.45) is 1.08. The Morgan fingerprint density at radius 2 is 1.74 bits per heavy atom. The summed E-state index contributed by atoms with van der Waals surface area (Å²) in [5, 5.41) is 2.93. The molecule has 1 amide bonds. The highest BCUT2D eigenvalue weighted by Crippen LogP contribution is 2.19. The van der Waals surface area contributed by atoms with Crippen LogP contribution in [0, 0.1) is 0 Å². The SMILES string of the molecule is CC[C@H](Oc1ccc(OC)cc1)C(=O)N[C@@H](C)CC. The third kappa shape index (κ3) is 4.81. The van der Waals surface area contributed by atoms with Gasteiger partial charge in [-0.1, -0.05) is 13.8 Å². The number of carbonyl (C=O) groups is 1. The van der Waals surface area contributed by atoms with E-state index >= 15 is 0 Å². The van der Waals surface area contributed by atoms with Gasteiger partial charge in [-0.3, -0.25) is 4.79 Å². The minimum Gasteiger partial charge on any atom is -0.497 e. The first-order valence-electron chi connectivity index (χ1n) is 6.71. The summed E-state index contributed by atoms with van der Waals surface area (Å²) in [6, 6.07) is 7.40. The molecule has 0 heterocycles. The molecule has 0 fully saturated rings. The van der Waals surface area contributed by atoms with Gasteiger partial charge in [0.25, 0.3) is 5.91 Å². The number of carbonyl (C=O) groups excluding carboxylic acids is 1. The molecule has 0 spiro atoms. The second kappa shape index (κ2) is 7.67. The number of benzene rings is 1. The fourth-order valence-electron chi connectivity index (χ4n) is 1.58. The Labute approximate surface area is 115 Å². The van der Waals surface area contributed by atoms with Crippen molar-refractivity contribution in [2.75, 3.05) is 7.11 Å². The lowest BCUT2D eigenvalue weighted by atomic mass is 10.2. The summed E-state index contributed by atoms with van der Waals surface area (Å²) in [5.74, 6) is 1.38. The van der Waals surface area contributed by atoms with Crippen LogP contribution in [-0.2, 0) is 4.79 Å². The van der Waals surface area contributed by atoms with E-state index in [1.165, 1.54) is 0 Å². The number of amides is 1. The van der Waals surface area contributed by atoms with Crippen molar-refractivity contribution in [1.29, 1.82) is 0 Å². The first-order valence-corrected chi connectivity index (χ1v) is 6.71. The highest BCUT2D eigenvalue weighted by molar-refractivity contribution is 5.81. The van der Waals surface area contributed by atoms with Crippen LogP contribution in [0.1, 0.15) is 33.6 Å². The van der Waals surface area contributed by atoms with Crippen molar-refractivity contribution in [3.05, 3.63) is 24.3 Å². The molecule has 0 aromatic heterocycles. The van der Waals surface area contributed by atoms with E-state index in [0.29, 0.717) is 12.2 Å². The lowest BCUT2D eigenvalue weighted by molar-refractivity contribution is -0.128. The maximum absolute atomic E-state index is 12.0. The van der Waals surface area contributed by atoms with Crippen LogP contribution in [0.25, 0.3) is 0 Å². The lowest BCUT2D eigenvalue weighted by Crippen LogP contribution is -2.42. The van der Waals surface area contributed by atoms with Crippen LogP contribution in [0.4, 0.5) is 0 Å². The zero-order chi connectivity index (χ0) is 14.3. The maximum Gasteiger partial charge on any atom is 0.261 e. The highest BCUT2D eigenvalue weighted by Gasteiger charge is 2.19. The van der Waals surface area contributed by atoms with Gasteiger partial charge in [0.2, 0.25) is 0 Å². The van der Waals surface area contributed by atoms with Crippen molar-refractivity contribution in [3.8, 4) is 11.5 Å². The Bertz CT molecular complexity index is 389. The summed E-state index contributed by atoms with van der Waals surface area (Å²) < 4.78 is 10.8. The van der Waals surface area contributed by atoms with Gasteiger partial charge in [-0.2, -0.15) is 0 Å². The zero-order valence-corrected chi connectivity index (χ0v) is 12.1. The highest BCUT2D eigenvalue weighted by atomic mass is 16.5. The van der Waals surface area contributed by atoms with Gasteiger partial charge in [-0.05, 0) is 44.0 Å². The molecule has 0 saturated carbocycles. The van der Waals surface area contributed by atoms with E-state index in [-0.39, 0.29) is 11.9 Å². The Morgan fingerprint density at radius 3 is 2.21 bits per heavy atom. The fraction of sp³-hybridized carbons (Fsp3) is 0.533. The summed E-state index contributed by atoms with van der Waals surface area (Å²) >= 11 is 0. The minimum absolute atomic E-state index is 0.0623. The molecule has 0 aliphatic rings. The number of hydrogen-bond donors (Lipinski definition) is 1. The van der Waals surface area contributed by atoms with Crippen LogP contribution in [0.3, 0.4) is 0 Å². The van der Waals surface area contributed by atoms with Gasteiger partial charge in [0.1, 0.15) is 11.5 Å². The van der Waals surface area contributed by atoms with Gasteiger partial charge in [0.05, 0.1) is 7.11 Å². The molecule has 0 bridgehead atoms. The Hall–Kier alpha value is -1.71. The van der Waals surface area contributed by atoms with Crippen LogP contribution in [0.15, 0.2) is 24.3 Å². The normalized spacial score (nSPS) is 13.5. The van der Waals surface area contributed by atoms with Crippen molar-refractivity contribution in [2.24, 2.45) is 0 Å². The van der Waals surface area contributed by atoms with Crippen LogP contribution >= 0.6 is 0 Å². The van der Waals surface area contributed by atoms with E-state index in [0.717, 1.165) is 12.2 Å². The minimum atomic E-state index is -0.456. The Balaban J connectivity index is 2.62. The van der Waals surface area contributed by atoms with Crippen molar-refractivity contribution in [1.82, 2.24) is 5.32 Å². The molecule has 1 aromatic carbocycles. The molecule has 1 aromatic rings. The van der Waals surface area contributed by atoms with Crippen LogP contribution in [-0.4, -0.2) is 25.2 Å². The number of hydrogen-bond acceptors (Lipinski definition) is 3. The van der Waals surface area contributed by atoms with E-state index in [4.69, 9.17) is 9.47 Å². The van der Waals surface area contributed by atoms with Crippen molar-refractivity contribution >= 4 is 5.91 Å². The molecule has 0 unspecified atom stereocenters. The zero-order valence-electron chi connectivity index (χ0n) is 12.1. The monoisotopic (exact) mass is 265 g/mol. The molecule has 1 N–H and O–H groups in total. The first kappa shape index (κ1) is 15.3. The summed E-state index contributed by atoms with van der Waals surface area (Å²) in [6.45, 7) is 5.96. The largest absolute Gasteiger partial charge is 0.497 e. The van der Waals surface area contributed by atoms with Gasteiger partial charge in [-0.15, -0.1) is 0 Å². The van der Waals surface area contributed by atoms with E-state index in [1.54, 1.807) is 19.2 Å². The second-order valence-electron chi connectivity index (χ2n) is 4.51. The molecule has 1 rings (SSSR count). The van der Waals surface area contributed by atoms with Crippen LogP contribution < -0.4 is 14.8 Å². The van der Waals surface area contributed by atoms with Gasteiger partial charge in [-0.25, -0.2) is 0 Å². The summed E-state index contributed by atoms with van der Waals surface area (Å²) in [4.78, 5) is 12.0. The average molecular weight is 265 g/mol. The van der Waals surface area contributed by atoms with Crippen molar-refractivity contribution in [3.63, 3.8) is 0 Å². The quantitative estimate of drug-likeness (QED) is 0.824. The van der Waals surface area contributed by atoms with Gasteiger partial charge < -0.3 is 14.8 Å². The molecule has 0 radical (unpaired) electrons. The standard InChI is InChI=1S/C15H23NO3/c1-5-11(3)16-15(17)14(6-2)19-13-9-7-12(18-4)8-10-13/h7-11,14H,5-6H2,1-4H3,(H,16,17)/t11-,14-/m0/s1. The predicted octanol–water partition coefficient (Wildman–Crippen LogP) is 2.77. The first-order chi connectivity index (χ1) is 9.10. The number of ether oxygens (including phenoxy) is 2. The molecule has 0 aliphatic heterocycles. The topological polar surface area (TPSA) is 47.6 Å². The van der Waals surface area contributed by atoms with Crippen molar-refractivity contribution < 1.29 is 14.3 Å². The molecule has 106 valence electrons.